The van der Waals surface area contributed by atoms with E-state index < -0.39 is 30.7 Å². The highest BCUT2D eigenvalue weighted by atomic mass is 16.7. The molecule has 1 saturated heterocycles. The van der Waals surface area contributed by atoms with Gasteiger partial charge in [0, 0.05) is 6.07 Å². The lowest BCUT2D eigenvalue weighted by Crippen LogP contribution is -2.58. The summed E-state index contributed by atoms with van der Waals surface area (Å²) in [5, 5.41) is 29.1. The molecular weight excluding hydrogens is 252 g/mol. The maximum Gasteiger partial charge on any atom is 0.229 e. The van der Waals surface area contributed by atoms with Crippen molar-refractivity contribution in [1.29, 1.82) is 0 Å². The zero-order chi connectivity index (χ0) is 14.0. The van der Waals surface area contributed by atoms with Gasteiger partial charge in [-0.3, -0.25) is 0 Å². The molecule has 1 fully saturated rings. The number of aliphatic hydroxyl groups excluding tert-OH is 3. The molecule has 1 radical (unpaired) electrons. The molecule has 6 nitrogen and oxygen atoms in total. The molecule has 1 unspecified atom stereocenters. The van der Waals surface area contributed by atoms with Crippen molar-refractivity contribution in [2.24, 2.45) is 0 Å². The maximum atomic E-state index is 9.84. The van der Waals surface area contributed by atoms with E-state index in [4.69, 9.17) is 14.2 Å². The van der Waals surface area contributed by atoms with E-state index >= 15 is 0 Å². The van der Waals surface area contributed by atoms with Gasteiger partial charge in [-0.15, -0.1) is 0 Å². The number of hydrogen-bond donors (Lipinski definition) is 3. The molecule has 3 N–H and O–H groups in total. The molecule has 0 aromatic heterocycles. The highest BCUT2D eigenvalue weighted by Crippen LogP contribution is 2.29. The van der Waals surface area contributed by atoms with E-state index in [9.17, 15) is 15.3 Å². The van der Waals surface area contributed by atoms with Crippen LogP contribution in [0.1, 0.15) is 6.92 Å². The first kappa shape index (κ1) is 14.1. The lowest BCUT2D eigenvalue weighted by molar-refractivity contribution is -0.268. The third kappa shape index (κ3) is 2.82. The molecule has 2 rings (SSSR count). The van der Waals surface area contributed by atoms with E-state index in [0.717, 1.165) is 0 Å². The van der Waals surface area contributed by atoms with Gasteiger partial charge in [-0.25, -0.2) is 0 Å². The van der Waals surface area contributed by atoms with Crippen LogP contribution in [0.3, 0.4) is 0 Å². The summed E-state index contributed by atoms with van der Waals surface area (Å²) in [6, 6.07) is 7.84. The Morgan fingerprint density at radius 1 is 1.21 bits per heavy atom. The molecule has 5 atom stereocenters. The van der Waals surface area contributed by atoms with Crippen molar-refractivity contribution >= 4 is 0 Å². The van der Waals surface area contributed by atoms with E-state index in [-0.39, 0.29) is 5.75 Å². The molecule has 0 saturated carbocycles. The van der Waals surface area contributed by atoms with Crippen LogP contribution in [0.5, 0.6) is 11.5 Å². The minimum Gasteiger partial charge on any atom is -0.493 e. The third-order valence-electron chi connectivity index (χ3n) is 3.04. The minimum absolute atomic E-state index is 0.268. The van der Waals surface area contributed by atoms with Crippen molar-refractivity contribution in [3.63, 3.8) is 0 Å². The number of ether oxygens (including phenoxy) is 3. The van der Waals surface area contributed by atoms with Crippen LogP contribution in [0.4, 0.5) is 0 Å². The Morgan fingerprint density at radius 3 is 2.63 bits per heavy atom. The molecule has 6 heteroatoms. The first-order valence-electron chi connectivity index (χ1n) is 5.95. The Morgan fingerprint density at radius 2 is 1.95 bits per heavy atom. The molecular formula is C13H17O6. The van der Waals surface area contributed by atoms with Gasteiger partial charge in [0.25, 0.3) is 0 Å². The summed E-state index contributed by atoms with van der Waals surface area (Å²) in [7, 11) is 1.48. The van der Waals surface area contributed by atoms with Crippen LogP contribution in [0.15, 0.2) is 18.2 Å². The number of rotatable bonds is 3. The zero-order valence-corrected chi connectivity index (χ0v) is 10.7. The van der Waals surface area contributed by atoms with Crippen LogP contribution in [-0.2, 0) is 4.74 Å². The van der Waals surface area contributed by atoms with Crippen LogP contribution in [0.2, 0.25) is 0 Å². The standard InChI is InChI=1S/C13H17O6/c1-7-10(14)11(15)12(16)13(18-7)19-9-6-4-3-5-8(9)17-2/h3-5,7,10-16H,1-2H3/t7-,10-,11+,12+,13?/m1/s1. The van der Waals surface area contributed by atoms with Gasteiger partial charge in [-0.1, -0.05) is 12.1 Å². The van der Waals surface area contributed by atoms with E-state index in [1.165, 1.54) is 7.11 Å². The summed E-state index contributed by atoms with van der Waals surface area (Å²) in [6.07, 6.45) is -5.59. The van der Waals surface area contributed by atoms with Crippen molar-refractivity contribution in [3.05, 3.63) is 24.3 Å². The fourth-order valence-corrected chi connectivity index (χ4v) is 1.89. The number of methoxy groups -OCH3 is 1. The van der Waals surface area contributed by atoms with Crippen LogP contribution < -0.4 is 9.47 Å². The highest BCUT2D eigenvalue weighted by Gasteiger charge is 2.43. The Bertz CT molecular complexity index is 423. The molecule has 1 aliphatic rings. The smallest absolute Gasteiger partial charge is 0.229 e. The largest absolute Gasteiger partial charge is 0.493 e. The molecule has 19 heavy (non-hydrogen) atoms. The molecule has 0 amide bonds. The minimum atomic E-state index is -1.36. The summed E-state index contributed by atoms with van der Waals surface area (Å²) in [5.74, 6) is 0.705. The Kier molecular flexibility index (Phi) is 4.26. The van der Waals surface area contributed by atoms with Gasteiger partial charge in [-0.05, 0) is 13.0 Å². The predicted molar refractivity (Wildman–Crippen MR) is 64.8 cm³/mol. The van der Waals surface area contributed by atoms with Gasteiger partial charge in [0.15, 0.2) is 11.5 Å². The van der Waals surface area contributed by atoms with E-state index in [0.29, 0.717) is 5.75 Å². The summed E-state index contributed by atoms with van der Waals surface area (Å²) >= 11 is 0. The Labute approximate surface area is 111 Å². The Hall–Kier alpha value is -1.34. The topological polar surface area (TPSA) is 88.4 Å². The lowest BCUT2D eigenvalue weighted by atomic mass is 10.00. The third-order valence-corrected chi connectivity index (χ3v) is 3.04. The van der Waals surface area contributed by atoms with Crippen LogP contribution in [-0.4, -0.2) is 53.1 Å². The summed E-state index contributed by atoms with van der Waals surface area (Å²) in [4.78, 5) is 0. The van der Waals surface area contributed by atoms with Crippen molar-refractivity contribution in [3.8, 4) is 11.5 Å². The van der Waals surface area contributed by atoms with Crippen molar-refractivity contribution in [2.75, 3.05) is 7.11 Å². The molecule has 105 valence electrons. The number of para-hydroxylation sites is 1. The fraction of sp³-hybridized carbons (Fsp3) is 0.538. The fourth-order valence-electron chi connectivity index (χ4n) is 1.89. The van der Waals surface area contributed by atoms with Crippen molar-refractivity contribution in [2.45, 2.75) is 37.6 Å². The first-order valence-corrected chi connectivity index (χ1v) is 5.95. The van der Waals surface area contributed by atoms with Gasteiger partial charge < -0.3 is 29.5 Å². The second kappa shape index (κ2) is 5.75. The molecule has 1 heterocycles. The van der Waals surface area contributed by atoms with Crippen LogP contribution in [0.25, 0.3) is 0 Å². The van der Waals surface area contributed by atoms with E-state index in [1.807, 2.05) is 0 Å². The van der Waals surface area contributed by atoms with Crippen LogP contribution >= 0.6 is 0 Å². The average molecular weight is 269 g/mol. The quantitative estimate of drug-likeness (QED) is 0.698. The lowest BCUT2D eigenvalue weighted by Gasteiger charge is -2.38. The second-order valence-electron chi connectivity index (χ2n) is 4.37. The molecule has 1 aromatic rings. The van der Waals surface area contributed by atoms with Crippen molar-refractivity contribution in [1.82, 2.24) is 0 Å². The monoisotopic (exact) mass is 269 g/mol. The van der Waals surface area contributed by atoms with Gasteiger partial charge >= 0.3 is 0 Å². The van der Waals surface area contributed by atoms with Crippen LogP contribution in [0, 0.1) is 6.07 Å². The van der Waals surface area contributed by atoms with Gasteiger partial charge in [0.1, 0.15) is 18.3 Å². The maximum absolute atomic E-state index is 9.84. The van der Waals surface area contributed by atoms with E-state index in [2.05, 4.69) is 6.07 Å². The molecule has 0 aliphatic carbocycles. The van der Waals surface area contributed by atoms with E-state index in [1.54, 1.807) is 25.1 Å². The summed E-state index contributed by atoms with van der Waals surface area (Å²) in [5.41, 5.74) is 0. The molecule has 1 aromatic carbocycles. The van der Waals surface area contributed by atoms with Gasteiger partial charge in [0.05, 0.1) is 13.2 Å². The second-order valence-corrected chi connectivity index (χ2v) is 4.37. The predicted octanol–water partition coefficient (Wildman–Crippen LogP) is -0.298. The summed E-state index contributed by atoms with van der Waals surface area (Å²) in [6.45, 7) is 1.59. The average Bonchev–Trinajstić information content (AvgIpc) is 2.43. The first-order chi connectivity index (χ1) is 9.04. The van der Waals surface area contributed by atoms with Gasteiger partial charge in [0.2, 0.25) is 6.29 Å². The normalized spacial score (nSPS) is 34.9. The SMILES string of the molecule is COc1ccc[c]c1OC1O[C@H](C)[C@@H](O)[C@H](O)[C@@H]1O. The van der Waals surface area contributed by atoms with Gasteiger partial charge in [-0.2, -0.15) is 0 Å². The highest BCUT2D eigenvalue weighted by molar-refractivity contribution is 5.38. The number of benzene rings is 1. The molecule has 1 aliphatic heterocycles. The Balaban J connectivity index is 2.14. The number of hydrogen-bond acceptors (Lipinski definition) is 6. The number of aliphatic hydroxyl groups is 3. The molecule has 0 bridgehead atoms. The zero-order valence-electron chi connectivity index (χ0n) is 10.7. The molecule has 0 spiro atoms. The summed E-state index contributed by atoms with van der Waals surface area (Å²) < 4.78 is 15.9. The van der Waals surface area contributed by atoms with Crippen molar-refractivity contribution < 1.29 is 29.5 Å².